The van der Waals surface area contributed by atoms with Crippen LogP contribution in [-0.2, 0) is 16.6 Å². The average Bonchev–Trinajstić information content (AvgIpc) is 2.75. The molecule has 5 nitrogen and oxygen atoms in total. The van der Waals surface area contributed by atoms with Crippen LogP contribution >= 0.6 is 11.3 Å². The van der Waals surface area contributed by atoms with Crippen molar-refractivity contribution < 1.29 is 8.42 Å². The van der Waals surface area contributed by atoms with Crippen LogP contribution in [0.4, 0.5) is 0 Å². The van der Waals surface area contributed by atoms with Crippen LogP contribution in [0.25, 0.3) is 0 Å². The van der Waals surface area contributed by atoms with Crippen LogP contribution in [0, 0.1) is 6.92 Å². The van der Waals surface area contributed by atoms with Crippen LogP contribution in [-0.4, -0.2) is 46.0 Å². The maximum Gasteiger partial charge on any atom is 0.250 e. The second-order valence-corrected chi connectivity index (χ2v) is 9.00. The third-order valence-corrected chi connectivity index (χ3v) is 6.52. The molecule has 0 radical (unpaired) electrons. The van der Waals surface area contributed by atoms with E-state index in [1.807, 2.05) is 32.8 Å². The highest BCUT2D eigenvalue weighted by Gasteiger charge is 2.20. The molecule has 7 heteroatoms. The first-order chi connectivity index (χ1) is 9.63. The first-order valence-corrected chi connectivity index (χ1v) is 9.42. The summed E-state index contributed by atoms with van der Waals surface area (Å²) >= 11 is 1.34. The molecular weight excluding hydrogens is 306 g/mol. The Balaban J connectivity index is 2.77. The molecule has 0 saturated carbocycles. The van der Waals surface area contributed by atoms with E-state index in [2.05, 4.69) is 23.9 Å². The van der Waals surface area contributed by atoms with Gasteiger partial charge in [0.05, 0.1) is 0 Å². The first-order valence-electron chi connectivity index (χ1n) is 7.12. The number of hydrogen-bond donors (Lipinski definition) is 2. The van der Waals surface area contributed by atoms with E-state index in [1.165, 1.54) is 11.3 Å². The standard InChI is InChI=1S/C14H27N3O2S2/c1-10(2)15-9-13-11(3)7-14(20-13)21(18,19)16-8-12(4)17(5)6/h7,10,12,15-16H,8-9H2,1-6H3. The number of nitrogens with one attached hydrogen (secondary N) is 2. The van der Waals surface area contributed by atoms with Crippen LogP contribution in [0.3, 0.4) is 0 Å². The van der Waals surface area contributed by atoms with Crippen molar-refractivity contribution in [3.8, 4) is 0 Å². The topological polar surface area (TPSA) is 61.4 Å². The normalized spacial score (nSPS) is 14.1. The Labute approximate surface area is 132 Å². The van der Waals surface area contributed by atoms with Crippen LogP contribution in [0.2, 0.25) is 0 Å². The van der Waals surface area contributed by atoms with Crippen molar-refractivity contribution in [3.05, 3.63) is 16.5 Å². The van der Waals surface area contributed by atoms with Gasteiger partial charge in [-0.05, 0) is 39.6 Å². The van der Waals surface area contributed by atoms with Crippen LogP contribution in [0.1, 0.15) is 31.2 Å². The molecule has 0 aliphatic carbocycles. The molecular formula is C14H27N3O2S2. The van der Waals surface area contributed by atoms with E-state index in [-0.39, 0.29) is 6.04 Å². The molecule has 122 valence electrons. The molecule has 0 bridgehead atoms. The molecule has 21 heavy (non-hydrogen) atoms. The van der Waals surface area contributed by atoms with Crippen molar-refractivity contribution in [1.29, 1.82) is 0 Å². The molecule has 0 aliphatic heterocycles. The summed E-state index contributed by atoms with van der Waals surface area (Å²) in [5.74, 6) is 0. The number of aryl methyl sites for hydroxylation is 1. The SMILES string of the molecule is Cc1cc(S(=O)(=O)NCC(C)N(C)C)sc1CNC(C)C. The molecule has 1 heterocycles. The van der Waals surface area contributed by atoms with E-state index in [9.17, 15) is 8.42 Å². The fourth-order valence-corrected chi connectivity index (χ4v) is 4.28. The zero-order chi connectivity index (χ0) is 16.2. The molecule has 1 atom stereocenters. The fraction of sp³-hybridized carbons (Fsp3) is 0.714. The Kier molecular flexibility index (Phi) is 6.80. The van der Waals surface area contributed by atoms with Gasteiger partial charge in [0.15, 0.2) is 0 Å². The molecule has 1 rings (SSSR count). The predicted octanol–water partition coefficient (Wildman–Crippen LogP) is 1.78. The molecule has 0 fully saturated rings. The van der Waals surface area contributed by atoms with E-state index >= 15 is 0 Å². The number of likely N-dealkylation sites (N-methyl/N-ethyl adjacent to an activating group) is 1. The van der Waals surface area contributed by atoms with Gasteiger partial charge in [0, 0.05) is 30.1 Å². The molecule has 1 aromatic rings. The fourth-order valence-electron chi connectivity index (χ4n) is 1.58. The molecule has 1 unspecified atom stereocenters. The van der Waals surface area contributed by atoms with Crippen molar-refractivity contribution in [2.24, 2.45) is 0 Å². The highest BCUT2D eigenvalue weighted by molar-refractivity contribution is 7.91. The van der Waals surface area contributed by atoms with Gasteiger partial charge in [0.25, 0.3) is 0 Å². The van der Waals surface area contributed by atoms with Gasteiger partial charge in [0.2, 0.25) is 10.0 Å². The van der Waals surface area contributed by atoms with Crippen molar-refractivity contribution in [1.82, 2.24) is 14.9 Å². The largest absolute Gasteiger partial charge is 0.310 e. The van der Waals surface area contributed by atoms with Gasteiger partial charge in [-0.15, -0.1) is 11.3 Å². The van der Waals surface area contributed by atoms with E-state index in [1.54, 1.807) is 6.07 Å². The highest BCUT2D eigenvalue weighted by atomic mass is 32.2. The number of rotatable bonds is 8. The van der Waals surface area contributed by atoms with Crippen LogP contribution in [0.5, 0.6) is 0 Å². The predicted molar refractivity (Wildman–Crippen MR) is 89.4 cm³/mol. The van der Waals surface area contributed by atoms with Crippen molar-refractivity contribution in [2.45, 2.75) is 50.5 Å². The lowest BCUT2D eigenvalue weighted by molar-refractivity contribution is 0.314. The summed E-state index contributed by atoms with van der Waals surface area (Å²) < 4.78 is 27.7. The van der Waals surface area contributed by atoms with Gasteiger partial charge in [-0.1, -0.05) is 13.8 Å². The Morgan fingerprint density at radius 3 is 2.43 bits per heavy atom. The van der Waals surface area contributed by atoms with E-state index in [4.69, 9.17) is 0 Å². The average molecular weight is 334 g/mol. The molecule has 0 amide bonds. The summed E-state index contributed by atoms with van der Waals surface area (Å²) in [4.78, 5) is 3.06. The van der Waals surface area contributed by atoms with Crippen molar-refractivity contribution >= 4 is 21.4 Å². The summed E-state index contributed by atoms with van der Waals surface area (Å²) in [7, 11) is 0.454. The van der Waals surface area contributed by atoms with Gasteiger partial charge < -0.3 is 10.2 Å². The quantitative estimate of drug-likeness (QED) is 0.761. The number of sulfonamides is 1. The number of hydrogen-bond acceptors (Lipinski definition) is 5. The van der Waals surface area contributed by atoms with E-state index < -0.39 is 10.0 Å². The summed E-state index contributed by atoms with van der Waals surface area (Å²) in [5.41, 5.74) is 1.02. The van der Waals surface area contributed by atoms with E-state index in [0.29, 0.717) is 23.3 Å². The Morgan fingerprint density at radius 1 is 1.29 bits per heavy atom. The summed E-state index contributed by atoms with van der Waals surface area (Å²) in [5, 5.41) is 3.32. The summed E-state index contributed by atoms with van der Waals surface area (Å²) in [6.07, 6.45) is 0. The zero-order valence-electron chi connectivity index (χ0n) is 13.7. The lowest BCUT2D eigenvalue weighted by atomic mass is 10.3. The third kappa shape index (κ3) is 5.67. The molecule has 0 aliphatic rings. The van der Waals surface area contributed by atoms with Crippen LogP contribution < -0.4 is 10.0 Å². The van der Waals surface area contributed by atoms with E-state index in [0.717, 1.165) is 10.4 Å². The Morgan fingerprint density at radius 2 is 1.90 bits per heavy atom. The maximum atomic E-state index is 12.3. The first kappa shape index (κ1) is 18.6. The van der Waals surface area contributed by atoms with Crippen molar-refractivity contribution in [2.75, 3.05) is 20.6 Å². The molecule has 1 aromatic heterocycles. The van der Waals surface area contributed by atoms with Gasteiger partial charge in [0.1, 0.15) is 4.21 Å². The third-order valence-electron chi connectivity index (χ3n) is 3.38. The maximum absolute atomic E-state index is 12.3. The minimum Gasteiger partial charge on any atom is -0.310 e. The van der Waals surface area contributed by atoms with Crippen LogP contribution in [0.15, 0.2) is 10.3 Å². The second kappa shape index (κ2) is 7.69. The lowest BCUT2D eigenvalue weighted by Gasteiger charge is -2.19. The lowest BCUT2D eigenvalue weighted by Crippen LogP contribution is -2.37. The molecule has 0 aromatic carbocycles. The van der Waals surface area contributed by atoms with Gasteiger partial charge >= 0.3 is 0 Å². The number of thiophene rings is 1. The zero-order valence-corrected chi connectivity index (χ0v) is 15.4. The smallest absolute Gasteiger partial charge is 0.250 e. The highest BCUT2D eigenvalue weighted by Crippen LogP contribution is 2.25. The molecule has 0 spiro atoms. The van der Waals surface area contributed by atoms with Gasteiger partial charge in [-0.2, -0.15) is 0 Å². The minimum absolute atomic E-state index is 0.155. The number of nitrogens with zero attached hydrogens (tertiary/aromatic N) is 1. The van der Waals surface area contributed by atoms with Gasteiger partial charge in [-0.3, -0.25) is 0 Å². The monoisotopic (exact) mass is 333 g/mol. The minimum atomic E-state index is -3.42. The Bertz CT molecular complexity index is 551. The van der Waals surface area contributed by atoms with Gasteiger partial charge in [-0.25, -0.2) is 13.1 Å². The second-order valence-electron chi connectivity index (χ2n) is 5.87. The Hall–Kier alpha value is -0.470. The summed E-state index contributed by atoms with van der Waals surface area (Å²) in [6.45, 7) is 9.20. The summed E-state index contributed by atoms with van der Waals surface area (Å²) in [6, 6.07) is 2.29. The van der Waals surface area contributed by atoms with Crippen molar-refractivity contribution in [3.63, 3.8) is 0 Å². The molecule has 2 N–H and O–H groups in total. The molecule has 0 saturated heterocycles.